The van der Waals surface area contributed by atoms with E-state index >= 15 is 0 Å². The predicted molar refractivity (Wildman–Crippen MR) is 89.8 cm³/mol. The standard InChI is InChI=1S/C15H13Cl2FN2O4/c16-7-11(21)8-19-9-3-10(20(22)23)5-13(4-9)24-12-1-2-15(18)14(17)6-12/h1-6,11,19,21H,7-8H2. The molecule has 0 heterocycles. The van der Waals surface area contributed by atoms with Crippen LogP contribution in [0.2, 0.25) is 5.02 Å². The van der Waals surface area contributed by atoms with Crippen LogP contribution in [-0.2, 0) is 0 Å². The van der Waals surface area contributed by atoms with Crippen LogP contribution < -0.4 is 10.1 Å². The summed E-state index contributed by atoms with van der Waals surface area (Å²) in [6.07, 6.45) is -0.800. The zero-order chi connectivity index (χ0) is 17.7. The number of nitro benzene ring substituents is 1. The van der Waals surface area contributed by atoms with Crippen LogP contribution in [0.3, 0.4) is 0 Å². The van der Waals surface area contributed by atoms with Crippen LogP contribution in [-0.4, -0.2) is 28.6 Å². The molecule has 2 aromatic carbocycles. The maximum atomic E-state index is 13.2. The molecular weight excluding hydrogens is 362 g/mol. The second kappa shape index (κ2) is 8.14. The van der Waals surface area contributed by atoms with Crippen LogP contribution in [0.5, 0.6) is 11.5 Å². The number of aliphatic hydroxyl groups is 1. The van der Waals surface area contributed by atoms with Gasteiger partial charge in [-0.1, -0.05) is 11.6 Å². The number of benzene rings is 2. The minimum absolute atomic E-state index is 0.0271. The molecule has 0 bridgehead atoms. The molecule has 0 aliphatic heterocycles. The van der Waals surface area contributed by atoms with Crippen LogP contribution >= 0.6 is 23.2 Å². The second-order valence-electron chi connectivity index (χ2n) is 4.84. The minimum Gasteiger partial charge on any atom is -0.457 e. The summed E-state index contributed by atoms with van der Waals surface area (Å²) in [6, 6.07) is 7.77. The van der Waals surface area contributed by atoms with Gasteiger partial charge in [-0.15, -0.1) is 11.6 Å². The first-order chi connectivity index (χ1) is 11.4. The zero-order valence-corrected chi connectivity index (χ0v) is 13.7. The van der Waals surface area contributed by atoms with Crippen LogP contribution in [0, 0.1) is 15.9 Å². The van der Waals surface area contributed by atoms with Crippen molar-refractivity contribution in [1.82, 2.24) is 0 Å². The largest absolute Gasteiger partial charge is 0.457 e. The fraction of sp³-hybridized carbons (Fsp3) is 0.200. The Bertz CT molecular complexity index is 745. The number of alkyl halides is 1. The maximum Gasteiger partial charge on any atom is 0.275 e. The highest BCUT2D eigenvalue weighted by atomic mass is 35.5. The number of halogens is 3. The summed E-state index contributed by atoms with van der Waals surface area (Å²) < 4.78 is 18.7. The molecule has 1 atom stereocenters. The Morgan fingerprint density at radius 2 is 2.04 bits per heavy atom. The van der Waals surface area contributed by atoms with E-state index < -0.39 is 16.8 Å². The van der Waals surface area contributed by atoms with E-state index in [0.29, 0.717) is 5.69 Å². The molecule has 0 radical (unpaired) electrons. The van der Waals surface area contributed by atoms with Gasteiger partial charge in [-0.05, 0) is 12.1 Å². The van der Waals surface area contributed by atoms with Crippen molar-refractivity contribution in [3.05, 3.63) is 57.4 Å². The van der Waals surface area contributed by atoms with Crippen molar-refractivity contribution in [2.45, 2.75) is 6.10 Å². The van der Waals surface area contributed by atoms with Gasteiger partial charge in [0.05, 0.1) is 28.0 Å². The average molecular weight is 375 g/mol. The molecule has 1 unspecified atom stereocenters. The first-order valence-electron chi connectivity index (χ1n) is 6.79. The Morgan fingerprint density at radius 3 is 2.67 bits per heavy atom. The summed E-state index contributed by atoms with van der Waals surface area (Å²) in [5.41, 5.74) is 0.167. The molecule has 0 spiro atoms. The lowest BCUT2D eigenvalue weighted by Crippen LogP contribution is -2.20. The van der Waals surface area contributed by atoms with Gasteiger partial charge in [0, 0.05) is 30.4 Å². The highest BCUT2D eigenvalue weighted by molar-refractivity contribution is 6.30. The van der Waals surface area contributed by atoms with E-state index in [-0.39, 0.29) is 34.6 Å². The number of ether oxygens (including phenoxy) is 1. The van der Waals surface area contributed by atoms with Gasteiger partial charge in [0.25, 0.3) is 5.69 Å². The van der Waals surface area contributed by atoms with Gasteiger partial charge < -0.3 is 15.2 Å². The Balaban J connectivity index is 2.25. The monoisotopic (exact) mass is 374 g/mol. The van der Waals surface area contributed by atoms with Crippen molar-refractivity contribution in [1.29, 1.82) is 0 Å². The Hall–Kier alpha value is -2.09. The molecule has 2 aromatic rings. The SMILES string of the molecule is O=[N+]([O-])c1cc(NCC(O)CCl)cc(Oc2ccc(F)c(Cl)c2)c1. The lowest BCUT2D eigenvalue weighted by molar-refractivity contribution is -0.384. The van der Waals surface area contributed by atoms with E-state index in [1.807, 2.05) is 0 Å². The van der Waals surface area contributed by atoms with Crippen LogP contribution in [0.4, 0.5) is 15.8 Å². The van der Waals surface area contributed by atoms with Gasteiger partial charge in [-0.2, -0.15) is 0 Å². The fourth-order valence-corrected chi connectivity index (χ4v) is 2.10. The molecule has 9 heteroatoms. The van der Waals surface area contributed by atoms with Crippen molar-refractivity contribution in [2.75, 3.05) is 17.7 Å². The van der Waals surface area contributed by atoms with Crippen LogP contribution in [0.25, 0.3) is 0 Å². The van der Waals surface area contributed by atoms with E-state index in [1.165, 1.54) is 30.3 Å². The van der Waals surface area contributed by atoms with E-state index in [1.54, 1.807) is 0 Å². The number of aliphatic hydroxyl groups excluding tert-OH is 1. The molecule has 0 fully saturated rings. The highest BCUT2D eigenvalue weighted by Crippen LogP contribution is 2.31. The summed E-state index contributed by atoms with van der Waals surface area (Å²) in [7, 11) is 0. The molecule has 2 N–H and O–H groups in total. The molecular formula is C15H13Cl2FN2O4. The summed E-state index contributed by atoms with van der Waals surface area (Å²) >= 11 is 11.2. The van der Waals surface area contributed by atoms with Gasteiger partial charge in [-0.25, -0.2) is 4.39 Å². The fourth-order valence-electron chi connectivity index (χ4n) is 1.82. The highest BCUT2D eigenvalue weighted by Gasteiger charge is 2.13. The topological polar surface area (TPSA) is 84.6 Å². The van der Waals surface area contributed by atoms with Crippen molar-refractivity contribution < 1.29 is 19.2 Å². The Labute approximate surface area is 146 Å². The number of hydrogen-bond donors (Lipinski definition) is 2. The zero-order valence-electron chi connectivity index (χ0n) is 12.2. The van der Waals surface area contributed by atoms with Gasteiger partial charge in [0.2, 0.25) is 0 Å². The molecule has 0 saturated carbocycles. The number of nitrogens with one attached hydrogen (secondary N) is 1. The molecule has 0 aliphatic rings. The van der Waals surface area contributed by atoms with Crippen molar-refractivity contribution in [2.24, 2.45) is 0 Å². The summed E-state index contributed by atoms with van der Waals surface area (Å²) in [5, 5.41) is 23.2. The molecule has 0 amide bonds. The van der Waals surface area contributed by atoms with E-state index in [2.05, 4.69) is 5.32 Å². The third-order valence-corrected chi connectivity index (χ3v) is 3.59. The van der Waals surface area contributed by atoms with Crippen molar-refractivity contribution >= 4 is 34.6 Å². The van der Waals surface area contributed by atoms with Gasteiger partial charge in [0.15, 0.2) is 0 Å². The summed E-state index contributed by atoms with van der Waals surface area (Å²) in [4.78, 5) is 10.5. The molecule has 2 rings (SSSR count). The minimum atomic E-state index is -0.800. The quantitative estimate of drug-likeness (QED) is 0.431. The van der Waals surface area contributed by atoms with Crippen LogP contribution in [0.15, 0.2) is 36.4 Å². The number of hydrogen-bond acceptors (Lipinski definition) is 5. The first-order valence-corrected chi connectivity index (χ1v) is 7.70. The van der Waals surface area contributed by atoms with E-state index in [9.17, 15) is 19.6 Å². The lowest BCUT2D eigenvalue weighted by atomic mass is 10.2. The normalized spacial score (nSPS) is 11.8. The molecule has 0 saturated heterocycles. The third kappa shape index (κ3) is 4.95. The molecule has 24 heavy (non-hydrogen) atoms. The number of nitrogens with zero attached hydrogens (tertiary/aromatic N) is 1. The number of rotatable bonds is 7. The Morgan fingerprint density at radius 1 is 1.29 bits per heavy atom. The van der Waals surface area contributed by atoms with Gasteiger partial charge in [0.1, 0.15) is 17.3 Å². The van der Waals surface area contributed by atoms with E-state index in [4.69, 9.17) is 27.9 Å². The number of nitro groups is 1. The molecule has 128 valence electrons. The molecule has 6 nitrogen and oxygen atoms in total. The molecule has 0 aromatic heterocycles. The number of anilines is 1. The van der Waals surface area contributed by atoms with Crippen molar-refractivity contribution in [3.8, 4) is 11.5 Å². The summed E-state index contributed by atoms with van der Waals surface area (Å²) in [6.45, 7) is 0.118. The smallest absolute Gasteiger partial charge is 0.275 e. The maximum absolute atomic E-state index is 13.2. The van der Waals surface area contributed by atoms with E-state index in [0.717, 1.165) is 6.07 Å². The summed E-state index contributed by atoms with van der Waals surface area (Å²) in [5.74, 6) is -0.178. The van der Waals surface area contributed by atoms with Gasteiger partial charge >= 0.3 is 0 Å². The van der Waals surface area contributed by atoms with Crippen molar-refractivity contribution in [3.63, 3.8) is 0 Å². The first kappa shape index (κ1) is 18.3. The van der Waals surface area contributed by atoms with Crippen LogP contribution in [0.1, 0.15) is 0 Å². The lowest BCUT2D eigenvalue weighted by Gasteiger charge is -2.12. The predicted octanol–water partition coefficient (Wildman–Crippen LogP) is 4.19. The molecule has 0 aliphatic carbocycles. The third-order valence-electron chi connectivity index (χ3n) is 2.95. The van der Waals surface area contributed by atoms with Gasteiger partial charge in [-0.3, -0.25) is 10.1 Å². The second-order valence-corrected chi connectivity index (χ2v) is 5.56. The average Bonchev–Trinajstić information content (AvgIpc) is 2.55. The number of non-ortho nitro benzene ring substituents is 1. The Kier molecular flexibility index (Phi) is 6.19.